The lowest BCUT2D eigenvalue weighted by Crippen LogP contribution is -2.19. The molecule has 132 valence electrons. The van der Waals surface area contributed by atoms with E-state index in [1.807, 2.05) is 36.0 Å². The van der Waals surface area contributed by atoms with Crippen molar-refractivity contribution >= 4 is 17.4 Å². The van der Waals surface area contributed by atoms with Crippen molar-refractivity contribution in [2.45, 2.75) is 26.3 Å². The highest BCUT2D eigenvalue weighted by Gasteiger charge is 2.17. The van der Waals surface area contributed by atoms with Crippen LogP contribution in [-0.4, -0.2) is 16.3 Å². The molecule has 1 amide bonds. The van der Waals surface area contributed by atoms with Crippen LogP contribution in [0.5, 0.6) is 0 Å². The Balaban J connectivity index is 1.75. The van der Waals surface area contributed by atoms with Crippen molar-refractivity contribution in [3.63, 3.8) is 0 Å². The molecule has 26 heavy (non-hydrogen) atoms. The summed E-state index contributed by atoms with van der Waals surface area (Å²) in [5, 5.41) is 2.92. The van der Waals surface area contributed by atoms with Gasteiger partial charge in [-0.1, -0.05) is 29.8 Å². The lowest BCUT2D eigenvalue weighted by Gasteiger charge is -2.19. The number of nitrogens with zero attached hydrogens (tertiary/aromatic N) is 1. The molecule has 0 aliphatic rings. The third-order valence-electron chi connectivity index (χ3n) is 4.40. The quantitative estimate of drug-likeness (QED) is 0.662. The first-order valence-corrected chi connectivity index (χ1v) is 8.63. The highest BCUT2D eigenvalue weighted by molar-refractivity contribution is 5.95. The molecule has 0 bridgehead atoms. The number of amides is 1. The molecule has 1 atom stereocenters. The van der Waals surface area contributed by atoms with Crippen LogP contribution in [0.3, 0.4) is 0 Å². The minimum Gasteiger partial charge on any atom is -0.346 e. The highest BCUT2D eigenvalue weighted by Crippen LogP contribution is 2.23. The van der Waals surface area contributed by atoms with Crippen LogP contribution in [0.1, 0.15) is 40.9 Å². The average molecular weight is 346 g/mol. The van der Waals surface area contributed by atoms with Crippen molar-refractivity contribution in [3.8, 4) is 0 Å². The van der Waals surface area contributed by atoms with Crippen molar-refractivity contribution in [1.82, 2.24) is 4.57 Å². The molecule has 1 N–H and O–H groups in total. The number of anilines is 1. The first-order valence-electron chi connectivity index (χ1n) is 8.63. The van der Waals surface area contributed by atoms with Crippen LogP contribution in [0.15, 0.2) is 73.1 Å². The fourth-order valence-corrected chi connectivity index (χ4v) is 2.92. The summed E-state index contributed by atoms with van der Waals surface area (Å²) in [4.78, 5) is 23.9. The maximum absolute atomic E-state index is 12.6. The molecule has 3 aromatic rings. The van der Waals surface area contributed by atoms with Gasteiger partial charge in [0.25, 0.3) is 0 Å². The third-order valence-corrected chi connectivity index (χ3v) is 4.40. The SMILES string of the molecule is CC(=O)c1ccc(NC(=O)C[C@H](c2ccc(C)cc2)n2cccc2)cc1. The zero-order valence-electron chi connectivity index (χ0n) is 15.0. The molecule has 0 unspecified atom stereocenters. The fourth-order valence-electron chi connectivity index (χ4n) is 2.92. The van der Waals surface area contributed by atoms with Gasteiger partial charge in [0, 0.05) is 23.6 Å². The summed E-state index contributed by atoms with van der Waals surface area (Å²) in [6.45, 7) is 3.57. The van der Waals surface area contributed by atoms with Crippen molar-refractivity contribution in [3.05, 3.63) is 89.7 Å². The number of ketones is 1. The number of aromatic nitrogens is 1. The lowest BCUT2D eigenvalue weighted by atomic mass is 10.0. The molecule has 3 rings (SSSR count). The molecule has 1 heterocycles. The monoisotopic (exact) mass is 346 g/mol. The summed E-state index contributed by atoms with van der Waals surface area (Å²) in [6, 6.07) is 19.1. The summed E-state index contributed by atoms with van der Waals surface area (Å²) in [5.74, 6) is -0.0604. The third kappa shape index (κ3) is 4.28. The van der Waals surface area contributed by atoms with E-state index in [9.17, 15) is 9.59 Å². The van der Waals surface area contributed by atoms with Crippen molar-refractivity contribution < 1.29 is 9.59 Å². The van der Waals surface area contributed by atoms with Gasteiger partial charge in [0.15, 0.2) is 5.78 Å². The number of rotatable bonds is 6. The van der Waals surface area contributed by atoms with Gasteiger partial charge in [-0.2, -0.15) is 0 Å². The van der Waals surface area contributed by atoms with E-state index in [4.69, 9.17) is 0 Å². The van der Waals surface area contributed by atoms with Gasteiger partial charge in [0.2, 0.25) is 5.91 Å². The largest absolute Gasteiger partial charge is 0.346 e. The Morgan fingerprint density at radius 2 is 1.58 bits per heavy atom. The van der Waals surface area contributed by atoms with E-state index in [1.54, 1.807) is 24.3 Å². The molecule has 4 nitrogen and oxygen atoms in total. The van der Waals surface area contributed by atoms with Gasteiger partial charge in [-0.25, -0.2) is 0 Å². The first kappa shape index (κ1) is 17.7. The van der Waals surface area contributed by atoms with E-state index in [0.29, 0.717) is 17.7 Å². The van der Waals surface area contributed by atoms with E-state index in [0.717, 1.165) is 5.56 Å². The Morgan fingerprint density at radius 3 is 2.15 bits per heavy atom. The van der Waals surface area contributed by atoms with Crippen LogP contribution in [0, 0.1) is 6.92 Å². The van der Waals surface area contributed by atoms with Crippen LogP contribution < -0.4 is 5.32 Å². The topological polar surface area (TPSA) is 51.1 Å². The van der Waals surface area contributed by atoms with Gasteiger partial charge in [-0.15, -0.1) is 0 Å². The Bertz CT molecular complexity index is 879. The van der Waals surface area contributed by atoms with Crippen LogP contribution >= 0.6 is 0 Å². The summed E-state index contributed by atoms with van der Waals surface area (Å²) >= 11 is 0. The number of hydrogen-bond donors (Lipinski definition) is 1. The number of nitrogens with one attached hydrogen (secondary N) is 1. The smallest absolute Gasteiger partial charge is 0.226 e. The second-order valence-corrected chi connectivity index (χ2v) is 6.44. The number of benzene rings is 2. The molecule has 0 aliphatic carbocycles. The molecule has 0 aliphatic heterocycles. The van der Waals surface area contributed by atoms with Crippen LogP contribution in [0.4, 0.5) is 5.69 Å². The maximum atomic E-state index is 12.6. The van der Waals surface area contributed by atoms with Gasteiger partial charge >= 0.3 is 0 Å². The van der Waals surface area contributed by atoms with Gasteiger partial charge in [-0.05, 0) is 55.8 Å². The number of aryl methyl sites for hydroxylation is 1. The van der Waals surface area contributed by atoms with E-state index >= 15 is 0 Å². The highest BCUT2D eigenvalue weighted by atomic mass is 16.1. The Kier molecular flexibility index (Phi) is 5.32. The fraction of sp³-hybridized carbons (Fsp3) is 0.182. The van der Waals surface area contributed by atoms with Gasteiger partial charge < -0.3 is 9.88 Å². The average Bonchev–Trinajstić information content (AvgIpc) is 3.15. The van der Waals surface area contributed by atoms with Crippen LogP contribution in [-0.2, 0) is 4.79 Å². The second-order valence-electron chi connectivity index (χ2n) is 6.44. The molecule has 2 aromatic carbocycles. The number of carbonyl (C=O) groups excluding carboxylic acids is 2. The lowest BCUT2D eigenvalue weighted by molar-refractivity contribution is -0.116. The van der Waals surface area contributed by atoms with E-state index in [2.05, 4.69) is 29.6 Å². The molecule has 0 saturated carbocycles. The molecule has 4 heteroatoms. The molecule has 0 fully saturated rings. The van der Waals surface area contributed by atoms with Crippen molar-refractivity contribution in [2.24, 2.45) is 0 Å². The predicted octanol–water partition coefficient (Wildman–Crippen LogP) is 4.62. The maximum Gasteiger partial charge on any atom is 0.226 e. The summed E-state index contributed by atoms with van der Waals surface area (Å²) in [6.07, 6.45) is 4.27. The molecule has 0 spiro atoms. The Hall–Kier alpha value is -3.14. The Morgan fingerprint density at radius 1 is 0.962 bits per heavy atom. The molecule has 1 aromatic heterocycles. The minimum absolute atomic E-state index is 0.00918. The normalized spacial score (nSPS) is 11.8. The van der Waals surface area contributed by atoms with Gasteiger partial charge in [0.1, 0.15) is 0 Å². The van der Waals surface area contributed by atoms with Gasteiger partial charge in [0.05, 0.1) is 12.5 Å². The van der Waals surface area contributed by atoms with E-state index < -0.39 is 0 Å². The van der Waals surface area contributed by atoms with E-state index in [1.165, 1.54) is 12.5 Å². The molecule has 0 saturated heterocycles. The molecule has 0 radical (unpaired) electrons. The van der Waals surface area contributed by atoms with Crippen LogP contribution in [0.25, 0.3) is 0 Å². The minimum atomic E-state index is -0.0696. The standard InChI is InChI=1S/C22H22N2O2/c1-16-5-7-19(8-6-16)21(24-13-3-4-14-24)15-22(26)23-20-11-9-18(10-12-20)17(2)25/h3-14,21H,15H2,1-2H3,(H,23,26)/t21-/m1/s1. The number of Topliss-reactive ketones (excluding diaryl/α,β-unsaturated/α-hetero) is 1. The summed E-state index contributed by atoms with van der Waals surface area (Å²) in [7, 11) is 0. The van der Waals surface area contributed by atoms with Crippen molar-refractivity contribution in [2.75, 3.05) is 5.32 Å². The zero-order valence-corrected chi connectivity index (χ0v) is 15.0. The predicted molar refractivity (Wildman–Crippen MR) is 103 cm³/mol. The summed E-state index contributed by atoms with van der Waals surface area (Å²) in [5.41, 5.74) is 3.60. The number of hydrogen-bond acceptors (Lipinski definition) is 2. The second kappa shape index (κ2) is 7.83. The number of carbonyl (C=O) groups is 2. The van der Waals surface area contributed by atoms with E-state index in [-0.39, 0.29) is 17.7 Å². The summed E-state index contributed by atoms with van der Waals surface area (Å²) < 4.78 is 2.04. The van der Waals surface area contributed by atoms with Crippen molar-refractivity contribution in [1.29, 1.82) is 0 Å². The first-order chi connectivity index (χ1) is 12.5. The van der Waals surface area contributed by atoms with Crippen LogP contribution in [0.2, 0.25) is 0 Å². The Labute approximate surface area is 153 Å². The van der Waals surface area contributed by atoms with Gasteiger partial charge in [-0.3, -0.25) is 9.59 Å². The molecular formula is C22H22N2O2. The molecular weight excluding hydrogens is 324 g/mol. The zero-order chi connectivity index (χ0) is 18.5.